The van der Waals surface area contributed by atoms with Gasteiger partial charge in [0.05, 0.1) is 0 Å². The van der Waals surface area contributed by atoms with Crippen molar-refractivity contribution < 1.29 is 114 Å². The average Bonchev–Trinajstić information content (AvgIpc) is 3.10. The van der Waals surface area contributed by atoms with Crippen LogP contribution in [0.1, 0.15) is 0 Å². The molecule has 0 atom stereocenters. The van der Waals surface area contributed by atoms with Crippen molar-refractivity contribution in [3.05, 3.63) is 90.7 Å². The number of alkyl halides is 23. The maximum Gasteiger partial charge on any atom is 0.460 e. The van der Waals surface area contributed by atoms with Crippen molar-refractivity contribution >= 4 is 16.3 Å². The van der Waals surface area contributed by atoms with Crippen molar-refractivity contribution in [1.29, 1.82) is 0 Å². The smallest absolute Gasteiger partial charge is 0.397 e. The van der Waals surface area contributed by atoms with E-state index in [0.717, 1.165) is 60.7 Å². The normalized spacial score (nSPS) is 15.4. The lowest BCUT2D eigenvalue weighted by Crippen LogP contribution is -2.78. The molecular weight excluding hydrogens is 880 g/mol. The van der Waals surface area contributed by atoms with Gasteiger partial charge in [0.15, 0.2) is 0 Å². The zero-order valence-electron chi connectivity index (χ0n) is 26.4. The van der Waals surface area contributed by atoms with Gasteiger partial charge in [-0.3, -0.25) is 0 Å². The van der Waals surface area contributed by atoms with Crippen LogP contribution in [0.4, 0.5) is 105 Å². The Hall–Kier alpha value is -4.20. The number of carbonyl (C=O) groups excluding carboxylic acids is 1. The molecule has 0 saturated heterocycles. The van der Waals surface area contributed by atoms with Crippen LogP contribution in [0.15, 0.2) is 99.6 Å². The van der Waals surface area contributed by atoms with Gasteiger partial charge in [0.1, 0.15) is 5.82 Å². The zero-order chi connectivity index (χ0) is 44.5. The molecule has 3 aromatic rings. The third-order valence-corrected chi connectivity index (χ3v) is 10.9. The van der Waals surface area contributed by atoms with Crippen LogP contribution in [-0.2, 0) is 8.98 Å². The summed E-state index contributed by atoms with van der Waals surface area (Å²) >= 11 is 0. The highest BCUT2D eigenvalue weighted by atomic mass is 32.3. The van der Waals surface area contributed by atoms with Crippen LogP contribution < -0.4 is 0 Å². The monoisotopic (exact) mass is 894 g/mol. The van der Waals surface area contributed by atoms with Gasteiger partial charge in [-0.1, -0.05) is 36.4 Å². The summed E-state index contributed by atoms with van der Waals surface area (Å²) in [6.45, 7) is 0. The lowest BCUT2D eigenvalue weighted by Gasteiger charge is -2.45. The Kier molecular flexibility index (Phi) is 11.6. The van der Waals surface area contributed by atoms with Gasteiger partial charge in [-0.05, 0) is 58.8 Å². The molecule has 0 unspecified atom stereocenters. The fourth-order valence-corrected chi connectivity index (χ4v) is 7.49. The van der Waals surface area contributed by atoms with E-state index in [1.54, 1.807) is 0 Å². The van der Waals surface area contributed by atoms with Crippen LogP contribution >= 0.6 is 10.3 Å². The van der Waals surface area contributed by atoms with Gasteiger partial charge < -0.3 is 4.18 Å². The second kappa shape index (κ2) is 14.0. The van der Waals surface area contributed by atoms with E-state index in [0.29, 0.717) is 24.3 Å². The first-order chi connectivity index (χ1) is 25.3. The van der Waals surface area contributed by atoms with Crippen molar-refractivity contribution in [2.75, 3.05) is 0 Å². The number of carbonyl (C=O) groups is 1. The molecule has 0 saturated carbocycles. The van der Waals surface area contributed by atoms with E-state index in [1.165, 1.54) is 0 Å². The molecule has 57 heavy (non-hydrogen) atoms. The molecule has 320 valence electrons. The van der Waals surface area contributed by atoms with E-state index in [2.05, 4.69) is 4.18 Å². The predicted molar refractivity (Wildman–Crippen MR) is 143 cm³/mol. The van der Waals surface area contributed by atoms with Gasteiger partial charge in [0.25, 0.3) is 0 Å². The van der Waals surface area contributed by atoms with Crippen molar-refractivity contribution in [1.82, 2.24) is 0 Å². The van der Waals surface area contributed by atoms with Gasteiger partial charge >= 0.3 is 71.4 Å². The highest BCUT2D eigenvalue weighted by Gasteiger charge is 2.99. The first-order valence-corrected chi connectivity index (χ1v) is 15.7. The number of hydrogen-bond acceptors (Lipinski definition) is 2. The van der Waals surface area contributed by atoms with Gasteiger partial charge in [0, 0.05) is 14.7 Å². The second-order valence-electron chi connectivity index (χ2n) is 11.2. The van der Waals surface area contributed by atoms with Gasteiger partial charge in [0.2, 0.25) is 0 Å². The van der Waals surface area contributed by atoms with E-state index in [4.69, 9.17) is 0 Å². The Morgan fingerprint density at radius 3 is 0.930 bits per heavy atom. The fourth-order valence-electron chi connectivity index (χ4n) is 4.45. The molecule has 0 aromatic heterocycles. The molecular formula is C30H14F24O2S. The Balaban J connectivity index is 2.23. The highest BCUT2D eigenvalue weighted by molar-refractivity contribution is 8.30. The lowest BCUT2D eigenvalue weighted by atomic mass is 9.85. The zero-order valence-corrected chi connectivity index (χ0v) is 27.2. The van der Waals surface area contributed by atoms with Crippen molar-refractivity contribution in [2.45, 2.75) is 80.1 Å². The largest absolute Gasteiger partial charge is 0.460 e. The molecule has 2 nitrogen and oxygen atoms in total. The van der Waals surface area contributed by atoms with E-state index >= 15 is 8.78 Å². The molecule has 0 aliphatic carbocycles. The third-order valence-electron chi connectivity index (χ3n) is 7.66. The topological polar surface area (TPSA) is 26.3 Å². The van der Waals surface area contributed by atoms with E-state index in [1.807, 2.05) is 0 Å². The summed E-state index contributed by atoms with van der Waals surface area (Å²) in [5.41, 5.74) is 0. The second-order valence-corrected chi connectivity index (χ2v) is 13.9. The molecule has 0 N–H and O–H groups in total. The maximum atomic E-state index is 15.2. The summed E-state index contributed by atoms with van der Waals surface area (Å²) < 4.78 is 339. The van der Waals surface area contributed by atoms with Crippen LogP contribution in [0.5, 0.6) is 0 Å². The SMILES string of the molecule is O=C(OS(c1ccccc1)(c1ccccc1)c1ccc(F)cc1)C(F)(F)C(F)(F)C(F)(F)C(F)(F)C(F)(F)C(F)(F)C(F)(F)C(F)(F)C(F)(F)C(F)(F)C(F)(F)F. The highest BCUT2D eigenvalue weighted by Crippen LogP contribution is 2.71. The van der Waals surface area contributed by atoms with E-state index in [9.17, 15) is 101 Å². The van der Waals surface area contributed by atoms with Crippen LogP contribution in [0.2, 0.25) is 0 Å². The molecule has 0 amide bonds. The molecule has 0 aliphatic rings. The number of rotatable bonds is 14. The van der Waals surface area contributed by atoms with Crippen molar-refractivity contribution in [3.8, 4) is 0 Å². The summed E-state index contributed by atoms with van der Waals surface area (Å²) in [5.74, 6) is -96.1. The van der Waals surface area contributed by atoms with Gasteiger partial charge in [-0.2, -0.15) is 101 Å². The summed E-state index contributed by atoms with van der Waals surface area (Å²) in [5, 5.41) is 0. The van der Waals surface area contributed by atoms with Crippen LogP contribution in [0.3, 0.4) is 0 Å². The first kappa shape index (κ1) is 47.2. The van der Waals surface area contributed by atoms with E-state index in [-0.39, 0.29) is 0 Å². The van der Waals surface area contributed by atoms with Crippen molar-refractivity contribution in [2.24, 2.45) is 0 Å². The van der Waals surface area contributed by atoms with Crippen LogP contribution in [0.25, 0.3) is 0 Å². The van der Waals surface area contributed by atoms with Crippen LogP contribution in [-0.4, -0.2) is 71.4 Å². The molecule has 0 aliphatic heterocycles. The number of halogens is 24. The Morgan fingerprint density at radius 1 is 0.368 bits per heavy atom. The first-order valence-electron chi connectivity index (χ1n) is 14.1. The molecule has 3 aromatic carbocycles. The molecule has 0 spiro atoms. The van der Waals surface area contributed by atoms with Gasteiger partial charge in [-0.15, -0.1) is 0 Å². The molecule has 0 radical (unpaired) electrons. The predicted octanol–water partition coefficient (Wildman–Crippen LogP) is 12.5. The Labute approximate surface area is 301 Å². The minimum Gasteiger partial charge on any atom is -0.397 e. The number of benzene rings is 3. The summed E-state index contributed by atoms with van der Waals surface area (Å²) in [7, 11) is -4.52. The summed E-state index contributed by atoms with van der Waals surface area (Å²) in [6, 6.07) is 12.0. The minimum atomic E-state index is -9.59. The average molecular weight is 894 g/mol. The number of hydrogen-bond donors (Lipinski definition) is 0. The summed E-state index contributed by atoms with van der Waals surface area (Å²) in [4.78, 5) is 10.9. The molecule has 0 heterocycles. The standard InChI is InChI=1S/C30H14F24O2S/c31-15-11-13-18(14-12-15)57(16-7-3-1-4-8-16,17-9-5-2-6-10-17)56-19(55)20(32,33)21(34,35)22(36,37)23(38,39)24(40,41)25(42,43)26(44,45)27(46,47)28(48,49)29(50,51)30(52,53)54/h1-14H. The minimum absolute atomic E-state index is 0.500. The molecule has 27 heteroatoms. The molecule has 3 rings (SSSR count). The third kappa shape index (κ3) is 6.48. The summed E-state index contributed by atoms with van der Waals surface area (Å²) in [6.07, 6.45) is -8.18. The Bertz CT molecular complexity index is 1850. The van der Waals surface area contributed by atoms with E-state index < -0.39 is 102 Å². The lowest BCUT2D eigenvalue weighted by molar-refractivity contribution is -0.477. The van der Waals surface area contributed by atoms with Crippen molar-refractivity contribution in [3.63, 3.8) is 0 Å². The maximum absolute atomic E-state index is 15.2. The Morgan fingerprint density at radius 2 is 0.632 bits per heavy atom. The molecule has 0 bridgehead atoms. The van der Waals surface area contributed by atoms with Gasteiger partial charge in [-0.25, -0.2) is 9.18 Å². The fraction of sp³-hybridized carbons (Fsp3) is 0.367. The van der Waals surface area contributed by atoms with Crippen LogP contribution in [0, 0.1) is 5.82 Å². The molecule has 0 fully saturated rings. The quantitative estimate of drug-likeness (QED) is 0.151.